The first-order valence-corrected chi connectivity index (χ1v) is 7.92. The first kappa shape index (κ1) is 21.5. The van der Waals surface area contributed by atoms with Gasteiger partial charge in [0.15, 0.2) is 0 Å². The van der Waals surface area contributed by atoms with Crippen LogP contribution in [0.4, 0.5) is 13.2 Å². The maximum Gasteiger partial charge on any atom is 0.416 e. The fraction of sp³-hybridized carbons (Fsp3) is 0.267. The highest BCUT2D eigenvalue weighted by Crippen LogP contribution is 2.36. The average Bonchev–Trinajstić information content (AvgIpc) is 2.47. The van der Waals surface area contributed by atoms with Crippen molar-refractivity contribution in [2.45, 2.75) is 19.5 Å². The van der Waals surface area contributed by atoms with Crippen molar-refractivity contribution in [3.05, 3.63) is 52.6 Å². The fourth-order valence-electron chi connectivity index (χ4n) is 1.43. The number of thioether (sulfide) groups is 1. The van der Waals surface area contributed by atoms with Gasteiger partial charge in [0, 0.05) is 9.81 Å². The fourth-order valence-corrected chi connectivity index (χ4v) is 2.32. The van der Waals surface area contributed by atoms with Gasteiger partial charge in [0.2, 0.25) is 0 Å². The van der Waals surface area contributed by atoms with Crippen molar-refractivity contribution < 1.29 is 28.2 Å². The number of aliphatic hydroxyl groups excluding tert-OH is 1. The molecule has 0 unspecified atom stereocenters. The molecule has 0 aliphatic heterocycles. The summed E-state index contributed by atoms with van der Waals surface area (Å²) in [5.74, 6) is -1.28. The Balaban J connectivity index is 0.00000232. The summed E-state index contributed by atoms with van der Waals surface area (Å²) < 4.78 is 37.3. The largest absolute Gasteiger partial charge is 0.512 e. The Labute approximate surface area is 142 Å². The highest BCUT2D eigenvalue weighted by Gasteiger charge is 2.30. The number of hydrogen-bond acceptors (Lipinski definition) is 4. The zero-order valence-electron chi connectivity index (χ0n) is 12.5. The van der Waals surface area contributed by atoms with Crippen molar-refractivity contribution in [1.82, 2.24) is 0 Å². The summed E-state index contributed by atoms with van der Waals surface area (Å²) in [6.07, 6.45) is -3.10. The van der Waals surface area contributed by atoms with Crippen LogP contribution >= 0.6 is 24.4 Å². The van der Waals surface area contributed by atoms with Crippen molar-refractivity contribution in [2.75, 3.05) is 6.26 Å². The molecule has 128 valence electrons. The number of carboxylic acids is 1. The minimum Gasteiger partial charge on any atom is -0.512 e. The van der Waals surface area contributed by atoms with E-state index in [1.807, 2.05) is 0 Å². The minimum atomic E-state index is -4.41. The van der Waals surface area contributed by atoms with Crippen LogP contribution in [0.3, 0.4) is 0 Å². The van der Waals surface area contributed by atoms with E-state index in [-0.39, 0.29) is 17.1 Å². The molecule has 23 heavy (non-hydrogen) atoms. The van der Waals surface area contributed by atoms with Gasteiger partial charge in [-0.2, -0.15) is 25.8 Å². The highest BCUT2D eigenvalue weighted by molar-refractivity contribution is 8.11. The molecule has 3 nitrogen and oxygen atoms in total. The number of thiol groups is 1. The Morgan fingerprint density at radius 3 is 2.04 bits per heavy atom. The van der Waals surface area contributed by atoms with E-state index < -0.39 is 17.7 Å². The molecule has 0 saturated heterocycles. The van der Waals surface area contributed by atoms with Crippen LogP contribution in [-0.2, 0) is 11.0 Å². The lowest BCUT2D eigenvalue weighted by Gasteiger charge is -2.11. The Hall–Kier alpha value is -1.54. The molecular formula is C15H17F3O3S2. The lowest BCUT2D eigenvalue weighted by Crippen LogP contribution is -2.04. The van der Waals surface area contributed by atoms with E-state index in [1.54, 1.807) is 6.26 Å². The molecule has 1 rings (SSSR count). The molecule has 1 aromatic rings. The van der Waals surface area contributed by atoms with Gasteiger partial charge in [0.25, 0.3) is 0 Å². The van der Waals surface area contributed by atoms with Crippen molar-refractivity contribution in [1.29, 1.82) is 0 Å². The van der Waals surface area contributed by atoms with Gasteiger partial charge in [0.1, 0.15) is 0 Å². The molecular weight excluding hydrogens is 349 g/mol. The third kappa shape index (κ3) is 7.51. The van der Waals surface area contributed by atoms with Crippen LogP contribution in [-0.4, -0.2) is 22.4 Å². The summed E-state index contributed by atoms with van der Waals surface area (Å²) in [6, 6.07) is 4.35. The molecule has 1 aromatic carbocycles. The Morgan fingerprint density at radius 2 is 1.70 bits per heavy atom. The van der Waals surface area contributed by atoms with Crippen LogP contribution < -0.4 is 0 Å². The van der Waals surface area contributed by atoms with E-state index >= 15 is 0 Å². The molecule has 2 N–H and O–H groups in total. The maximum atomic E-state index is 12.4. The highest BCUT2D eigenvalue weighted by atomic mass is 32.2. The predicted octanol–water partition coefficient (Wildman–Crippen LogP) is 5.22. The summed E-state index contributed by atoms with van der Waals surface area (Å²) in [5, 5.41) is 18.1. The van der Waals surface area contributed by atoms with Crippen LogP contribution in [0.2, 0.25) is 0 Å². The van der Waals surface area contributed by atoms with Gasteiger partial charge in [0.05, 0.1) is 17.7 Å². The van der Waals surface area contributed by atoms with Crippen molar-refractivity contribution >= 4 is 35.3 Å². The molecule has 0 amide bonds. The first-order chi connectivity index (χ1) is 10.6. The smallest absolute Gasteiger partial charge is 0.416 e. The van der Waals surface area contributed by atoms with Gasteiger partial charge in [-0.3, -0.25) is 4.79 Å². The van der Waals surface area contributed by atoms with Crippen LogP contribution in [0.15, 0.2) is 41.5 Å². The summed E-state index contributed by atoms with van der Waals surface area (Å²) in [7, 11) is 0. The molecule has 0 radical (unpaired) electrons. The third-order valence-electron chi connectivity index (χ3n) is 2.50. The molecule has 0 atom stereocenters. The molecule has 0 heterocycles. The number of aliphatic carboxylic acids is 1. The molecule has 0 aromatic heterocycles. The first-order valence-electron chi connectivity index (χ1n) is 6.21. The second-order valence-electron chi connectivity index (χ2n) is 4.18. The lowest BCUT2D eigenvalue weighted by molar-refractivity contribution is -0.138. The average molecular weight is 366 g/mol. The van der Waals surface area contributed by atoms with Gasteiger partial charge in [-0.25, -0.2) is 0 Å². The van der Waals surface area contributed by atoms with E-state index in [0.29, 0.717) is 10.5 Å². The molecule has 0 saturated carbocycles. The van der Waals surface area contributed by atoms with E-state index in [9.17, 15) is 23.1 Å². The lowest BCUT2D eigenvalue weighted by atomic mass is 10.1. The Kier molecular flexibility index (Phi) is 8.93. The predicted molar refractivity (Wildman–Crippen MR) is 90.6 cm³/mol. The molecule has 0 bridgehead atoms. The van der Waals surface area contributed by atoms with Crippen LogP contribution in [0.5, 0.6) is 0 Å². The van der Waals surface area contributed by atoms with E-state index in [4.69, 9.17) is 5.11 Å². The third-order valence-corrected chi connectivity index (χ3v) is 3.66. The molecule has 0 spiro atoms. The number of allylic oxidation sites excluding steroid dienone is 1. The number of benzene rings is 1. The second-order valence-corrected chi connectivity index (χ2v) is 5.37. The molecule has 0 aliphatic carbocycles. The molecule has 0 fully saturated rings. The SMILES string of the molecule is C=C(S/C(CC(=O)O)=C(\C)O)c1ccc(C(F)(F)F)cc1.CS. The zero-order valence-corrected chi connectivity index (χ0v) is 14.2. The number of carboxylic acid groups (broad SMARTS) is 1. The van der Waals surface area contributed by atoms with Crippen molar-refractivity contribution in [3.63, 3.8) is 0 Å². The van der Waals surface area contributed by atoms with Crippen LogP contribution in [0, 0.1) is 0 Å². The number of carbonyl (C=O) groups is 1. The van der Waals surface area contributed by atoms with Gasteiger partial charge in [-0.15, -0.1) is 0 Å². The van der Waals surface area contributed by atoms with Crippen LogP contribution in [0.25, 0.3) is 4.91 Å². The number of rotatable bonds is 5. The standard InChI is InChI=1S/C14H13F3O3S.CH4S/c1-8(18)12(7-13(19)20)21-9(2)10-3-5-11(6-4-10)14(15,16)17;1-2/h3-6,18H,2,7H2,1H3,(H,19,20);2H,1H3/b12-8+;. The van der Waals surface area contributed by atoms with Gasteiger partial charge in [-0.05, 0) is 30.9 Å². The molecule has 8 heteroatoms. The van der Waals surface area contributed by atoms with Crippen molar-refractivity contribution in [2.24, 2.45) is 0 Å². The summed E-state index contributed by atoms with van der Waals surface area (Å²) in [5.41, 5.74) is -0.346. The number of hydrogen-bond donors (Lipinski definition) is 3. The van der Waals surface area contributed by atoms with Gasteiger partial charge in [-0.1, -0.05) is 30.5 Å². The Bertz CT molecular complexity index is 575. The van der Waals surface area contributed by atoms with E-state index in [2.05, 4.69) is 19.2 Å². The van der Waals surface area contributed by atoms with Gasteiger partial charge >= 0.3 is 12.1 Å². The number of aliphatic hydroxyl groups is 1. The monoisotopic (exact) mass is 366 g/mol. The van der Waals surface area contributed by atoms with Gasteiger partial charge < -0.3 is 10.2 Å². The summed E-state index contributed by atoms with van der Waals surface area (Å²) in [4.78, 5) is 11.2. The maximum absolute atomic E-state index is 12.4. The normalized spacial score (nSPS) is 11.9. The van der Waals surface area contributed by atoms with E-state index in [1.165, 1.54) is 19.1 Å². The zero-order chi connectivity index (χ0) is 18.2. The molecule has 0 aliphatic rings. The second kappa shape index (κ2) is 9.57. The Morgan fingerprint density at radius 1 is 1.22 bits per heavy atom. The quantitative estimate of drug-likeness (QED) is 0.494. The van der Waals surface area contributed by atoms with E-state index in [0.717, 1.165) is 23.9 Å². The topological polar surface area (TPSA) is 57.5 Å². The minimum absolute atomic E-state index is 0.157. The van der Waals surface area contributed by atoms with Crippen molar-refractivity contribution in [3.8, 4) is 0 Å². The number of alkyl halides is 3. The number of halogens is 3. The summed E-state index contributed by atoms with van der Waals surface area (Å²) >= 11 is 4.45. The summed E-state index contributed by atoms with van der Waals surface area (Å²) in [6.45, 7) is 5.03. The van der Waals surface area contributed by atoms with Crippen LogP contribution in [0.1, 0.15) is 24.5 Å².